The minimum Gasteiger partial charge on any atom is -0.497 e. The lowest BCUT2D eigenvalue weighted by Crippen LogP contribution is -2.12. The van der Waals surface area contributed by atoms with Crippen molar-refractivity contribution < 1.29 is 27.2 Å². The van der Waals surface area contributed by atoms with Crippen molar-refractivity contribution in [2.45, 2.75) is 24.7 Å². The molecule has 2 aromatic carbocycles. The number of hydrogen-bond acceptors (Lipinski definition) is 7. The number of aromatic nitrogens is 1. The Kier molecular flexibility index (Phi) is 5.55. The second-order valence-corrected chi connectivity index (χ2v) is 7.73. The van der Waals surface area contributed by atoms with Crippen LogP contribution in [0.4, 0.5) is 0 Å². The normalized spacial score (nSPS) is 11.5. The van der Waals surface area contributed by atoms with Gasteiger partial charge in [-0.25, -0.2) is 9.59 Å². The monoisotopic (exact) mass is 405 g/mol. The first-order valence-corrected chi connectivity index (χ1v) is 10.1. The van der Waals surface area contributed by atoms with Crippen molar-refractivity contribution in [1.82, 2.24) is 4.15 Å². The van der Waals surface area contributed by atoms with E-state index in [0.29, 0.717) is 16.3 Å². The average molecular weight is 405 g/mol. The molecule has 28 heavy (non-hydrogen) atoms. The first-order chi connectivity index (χ1) is 13.4. The molecule has 0 saturated carbocycles. The third kappa shape index (κ3) is 3.53. The predicted molar refractivity (Wildman–Crippen MR) is 101 cm³/mol. The third-order valence-electron chi connectivity index (χ3n) is 4.14. The zero-order chi connectivity index (χ0) is 20.3. The lowest BCUT2D eigenvalue weighted by molar-refractivity contribution is 0.0502. The van der Waals surface area contributed by atoms with Crippen LogP contribution in [0.3, 0.4) is 0 Å². The highest BCUT2D eigenvalue weighted by atomic mass is 32.2. The Labute approximate surface area is 161 Å². The number of fused-ring (bicyclic) bond motifs is 1. The molecule has 9 heteroatoms. The molecule has 0 aliphatic rings. The number of esters is 1. The van der Waals surface area contributed by atoms with Gasteiger partial charge >= 0.3 is 11.6 Å². The molecule has 3 aromatic rings. The highest BCUT2D eigenvalue weighted by Crippen LogP contribution is 2.24. The Hall–Kier alpha value is -3.07. The van der Waals surface area contributed by atoms with Crippen LogP contribution >= 0.6 is 0 Å². The summed E-state index contributed by atoms with van der Waals surface area (Å²) in [5.41, 5.74) is -1.01. The van der Waals surface area contributed by atoms with E-state index in [0.717, 1.165) is 6.42 Å². The van der Waals surface area contributed by atoms with Crippen molar-refractivity contribution in [1.29, 1.82) is 0 Å². The number of carbonyl (C=O) groups excluding carboxylic acids is 1. The molecule has 0 saturated heterocycles. The van der Waals surface area contributed by atoms with Gasteiger partial charge in [-0.3, -0.25) is 0 Å². The largest absolute Gasteiger partial charge is 0.497 e. The molecule has 0 unspecified atom stereocenters. The maximum Gasteiger partial charge on any atom is 0.367 e. The number of nitrogens with zero attached hydrogens (tertiary/aromatic N) is 1. The Balaban J connectivity index is 2.09. The second-order valence-electron chi connectivity index (χ2n) is 5.98. The zero-order valence-corrected chi connectivity index (χ0v) is 16.2. The van der Waals surface area contributed by atoms with E-state index in [2.05, 4.69) is 0 Å². The number of hydrogen-bond donors (Lipinski definition) is 0. The van der Waals surface area contributed by atoms with Crippen molar-refractivity contribution in [3.63, 3.8) is 0 Å². The van der Waals surface area contributed by atoms with E-state index in [-0.39, 0.29) is 28.0 Å². The van der Waals surface area contributed by atoms with Gasteiger partial charge in [0.1, 0.15) is 16.7 Å². The molecule has 0 spiro atoms. The highest BCUT2D eigenvalue weighted by Gasteiger charge is 2.26. The van der Waals surface area contributed by atoms with Gasteiger partial charge in [0, 0.05) is 0 Å². The summed E-state index contributed by atoms with van der Waals surface area (Å²) >= 11 is 0. The number of ether oxygens (including phenoxy) is 2. The van der Waals surface area contributed by atoms with Crippen LogP contribution in [0, 0.1) is 0 Å². The topological polar surface area (TPSA) is 105 Å². The summed E-state index contributed by atoms with van der Waals surface area (Å²) in [6.45, 7) is 2.16. The fourth-order valence-electron chi connectivity index (χ4n) is 2.66. The molecule has 0 N–H and O–H groups in total. The van der Waals surface area contributed by atoms with Crippen LogP contribution in [0.5, 0.6) is 5.75 Å². The van der Waals surface area contributed by atoms with Gasteiger partial charge in [-0.05, 0) is 42.8 Å². The number of benzene rings is 2. The van der Waals surface area contributed by atoms with Crippen LogP contribution in [0.15, 0.2) is 56.7 Å². The van der Waals surface area contributed by atoms with E-state index in [4.69, 9.17) is 14.0 Å². The number of carbonyl (C=O) groups is 1. The predicted octanol–water partition coefficient (Wildman–Crippen LogP) is 2.80. The van der Waals surface area contributed by atoms with Crippen LogP contribution in [-0.4, -0.2) is 32.2 Å². The third-order valence-corrected chi connectivity index (χ3v) is 5.71. The summed E-state index contributed by atoms with van der Waals surface area (Å²) in [5, 5.41) is -0.138. The summed E-state index contributed by atoms with van der Waals surface area (Å²) in [4.78, 5) is 24.6. The molecular weight excluding hydrogens is 386 g/mol. The SMILES string of the molecule is CCCCOC(=O)c1cccc2c1c(=O)on2S(=O)(=O)c1ccc(OC)cc1. The number of rotatable bonds is 7. The Morgan fingerprint density at radius 3 is 2.50 bits per heavy atom. The van der Waals surface area contributed by atoms with Gasteiger partial charge in [-0.1, -0.05) is 23.6 Å². The Morgan fingerprint density at radius 2 is 1.86 bits per heavy atom. The summed E-state index contributed by atoms with van der Waals surface area (Å²) in [5.74, 6) is -0.221. The van der Waals surface area contributed by atoms with Crippen molar-refractivity contribution in [2.75, 3.05) is 13.7 Å². The summed E-state index contributed by atoms with van der Waals surface area (Å²) < 4.78 is 41.5. The molecule has 8 nitrogen and oxygen atoms in total. The van der Waals surface area contributed by atoms with E-state index in [1.165, 1.54) is 49.6 Å². The maximum absolute atomic E-state index is 12.9. The van der Waals surface area contributed by atoms with E-state index in [1.807, 2.05) is 6.92 Å². The van der Waals surface area contributed by atoms with Crippen molar-refractivity contribution in [3.05, 3.63) is 58.4 Å². The molecule has 0 amide bonds. The lowest BCUT2D eigenvalue weighted by Gasteiger charge is -2.07. The summed E-state index contributed by atoms with van der Waals surface area (Å²) in [7, 11) is -2.73. The summed E-state index contributed by atoms with van der Waals surface area (Å²) in [6, 6.07) is 9.89. The standard InChI is InChI=1S/C19H19NO7S/c1-3-4-12-26-18(21)15-6-5-7-16-17(15)19(22)27-20(16)28(23,24)14-10-8-13(25-2)9-11-14/h5-11H,3-4,12H2,1-2H3. The molecule has 1 heterocycles. The second kappa shape index (κ2) is 7.89. The molecule has 148 valence electrons. The Morgan fingerprint density at radius 1 is 1.14 bits per heavy atom. The number of methoxy groups -OCH3 is 1. The molecule has 0 radical (unpaired) electrons. The van der Waals surface area contributed by atoms with Gasteiger partial charge in [-0.15, -0.1) is 0 Å². The van der Waals surface area contributed by atoms with Crippen LogP contribution < -0.4 is 10.4 Å². The lowest BCUT2D eigenvalue weighted by atomic mass is 10.1. The average Bonchev–Trinajstić information content (AvgIpc) is 3.06. The smallest absolute Gasteiger partial charge is 0.367 e. The zero-order valence-electron chi connectivity index (χ0n) is 15.4. The minimum atomic E-state index is -4.19. The van der Waals surface area contributed by atoms with Crippen molar-refractivity contribution in [2.24, 2.45) is 0 Å². The van der Waals surface area contributed by atoms with E-state index in [1.54, 1.807) is 0 Å². The molecule has 0 fully saturated rings. The van der Waals surface area contributed by atoms with E-state index < -0.39 is 21.6 Å². The molecule has 3 rings (SSSR count). The van der Waals surface area contributed by atoms with Gasteiger partial charge < -0.3 is 14.0 Å². The molecule has 0 aliphatic carbocycles. The fourth-order valence-corrected chi connectivity index (χ4v) is 3.90. The van der Waals surface area contributed by atoms with E-state index >= 15 is 0 Å². The van der Waals surface area contributed by atoms with Gasteiger partial charge in [0.2, 0.25) is 0 Å². The van der Waals surface area contributed by atoms with Crippen LogP contribution in [0.25, 0.3) is 10.9 Å². The van der Waals surface area contributed by atoms with E-state index in [9.17, 15) is 18.0 Å². The van der Waals surface area contributed by atoms with Gasteiger partial charge in [0.15, 0.2) is 0 Å². The molecule has 1 aromatic heterocycles. The Bertz CT molecular complexity index is 1160. The number of unbranched alkanes of at least 4 members (excludes halogenated alkanes) is 1. The fraction of sp³-hybridized carbons (Fsp3) is 0.263. The van der Waals surface area contributed by atoms with Crippen LogP contribution in [-0.2, 0) is 14.8 Å². The minimum absolute atomic E-state index is 0.0361. The quantitative estimate of drug-likeness (QED) is 0.440. The van der Waals surface area contributed by atoms with Gasteiger partial charge in [-0.2, -0.15) is 8.42 Å². The van der Waals surface area contributed by atoms with Crippen molar-refractivity contribution >= 4 is 26.9 Å². The van der Waals surface area contributed by atoms with Crippen LogP contribution in [0.1, 0.15) is 30.1 Å². The molecule has 0 atom stereocenters. The molecule has 0 bridgehead atoms. The van der Waals surface area contributed by atoms with Gasteiger partial charge in [0.05, 0.1) is 24.2 Å². The van der Waals surface area contributed by atoms with Crippen LogP contribution in [0.2, 0.25) is 0 Å². The van der Waals surface area contributed by atoms with Crippen molar-refractivity contribution in [3.8, 4) is 5.75 Å². The summed E-state index contributed by atoms with van der Waals surface area (Å²) in [6.07, 6.45) is 1.53. The first kappa shape index (κ1) is 19.7. The highest BCUT2D eigenvalue weighted by molar-refractivity contribution is 7.90. The van der Waals surface area contributed by atoms with Gasteiger partial charge in [0.25, 0.3) is 10.0 Å². The molecule has 0 aliphatic heterocycles. The first-order valence-electron chi connectivity index (χ1n) is 8.62. The molecular formula is C19H19NO7S. The maximum atomic E-state index is 12.9.